The van der Waals surface area contributed by atoms with E-state index in [9.17, 15) is 18.0 Å². The van der Waals surface area contributed by atoms with Crippen molar-refractivity contribution in [2.24, 2.45) is 10.9 Å². The lowest BCUT2D eigenvalue weighted by Gasteiger charge is -2.47. The number of piperidine rings is 1. The van der Waals surface area contributed by atoms with Gasteiger partial charge in [0.15, 0.2) is 0 Å². The number of dihydropyridines is 1. The van der Waals surface area contributed by atoms with Gasteiger partial charge in [-0.2, -0.15) is 13.2 Å². The number of carbonyl (C=O) groups excluding carboxylic acids is 1. The van der Waals surface area contributed by atoms with Gasteiger partial charge in [0.25, 0.3) is 0 Å². The van der Waals surface area contributed by atoms with E-state index in [-0.39, 0.29) is 25.0 Å². The molecule has 0 N–H and O–H groups in total. The normalized spacial score (nSPS) is 28.9. The van der Waals surface area contributed by atoms with Gasteiger partial charge >= 0.3 is 12.1 Å². The number of ether oxygens (including phenoxy) is 1. The highest BCUT2D eigenvalue weighted by atomic mass is 19.4. The summed E-state index contributed by atoms with van der Waals surface area (Å²) in [6.45, 7) is 5.80. The van der Waals surface area contributed by atoms with E-state index < -0.39 is 23.4 Å². The number of anilines is 1. The minimum Gasteiger partial charge on any atom is -0.462 e. The highest BCUT2D eigenvalue weighted by Crippen LogP contribution is 2.41. The predicted octanol–water partition coefficient (Wildman–Crippen LogP) is 3.23. The average molecular weight is 437 g/mol. The van der Waals surface area contributed by atoms with Gasteiger partial charge in [0, 0.05) is 56.3 Å². The Morgan fingerprint density at radius 3 is 2.65 bits per heavy atom. The first-order valence-corrected chi connectivity index (χ1v) is 10.5. The Hall–Kier alpha value is -2.49. The molecule has 5 heterocycles. The lowest BCUT2D eigenvalue weighted by atomic mass is 9.88. The number of aliphatic imine (C=N–C) groups is 1. The van der Waals surface area contributed by atoms with Crippen molar-refractivity contribution >= 4 is 18.1 Å². The molecule has 3 unspecified atom stereocenters. The molecule has 2 bridgehead atoms. The van der Waals surface area contributed by atoms with E-state index in [1.54, 1.807) is 13.8 Å². The minimum absolute atomic E-state index is 0.0433. The third-order valence-electron chi connectivity index (χ3n) is 6.28. The molecule has 0 amide bonds. The topological polar surface area (TPSA) is 70.9 Å². The van der Waals surface area contributed by atoms with Gasteiger partial charge < -0.3 is 9.64 Å². The molecule has 1 aromatic rings. The molecular weight excluding hydrogens is 411 g/mol. The number of rotatable bonds is 4. The number of hydrogen-bond acceptors (Lipinski definition) is 7. The van der Waals surface area contributed by atoms with Crippen LogP contribution in [0, 0.1) is 5.92 Å². The van der Waals surface area contributed by atoms with Crippen molar-refractivity contribution in [1.82, 2.24) is 14.9 Å². The van der Waals surface area contributed by atoms with Gasteiger partial charge in [-0.05, 0) is 38.7 Å². The number of esters is 1. The molecule has 3 atom stereocenters. The summed E-state index contributed by atoms with van der Waals surface area (Å²) in [5, 5.41) is 0. The summed E-state index contributed by atoms with van der Waals surface area (Å²) in [5.41, 5.74) is -1.17. The number of aromatic nitrogens is 2. The summed E-state index contributed by atoms with van der Waals surface area (Å²) >= 11 is 0. The SMILES string of the molecule is CCOC(=O)c1cnc(N2CC3CCC(C2)N(C2(C)CC(C(F)(F)F)=CC=N2)C3)nc1. The van der Waals surface area contributed by atoms with Crippen LogP contribution in [-0.2, 0) is 4.74 Å². The second-order valence-electron chi connectivity index (χ2n) is 8.51. The monoisotopic (exact) mass is 437 g/mol. The van der Waals surface area contributed by atoms with Gasteiger partial charge in [-0.15, -0.1) is 0 Å². The molecule has 3 saturated heterocycles. The lowest BCUT2D eigenvalue weighted by molar-refractivity contribution is -0.100. The molecule has 0 saturated carbocycles. The largest absolute Gasteiger partial charge is 0.462 e. The number of alkyl halides is 3. The maximum absolute atomic E-state index is 13.3. The molecule has 0 spiro atoms. The average Bonchev–Trinajstić information content (AvgIpc) is 3.06. The fourth-order valence-corrected chi connectivity index (χ4v) is 4.76. The van der Waals surface area contributed by atoms with Crippen LogP contribution in [0.5, 0.6) is 0 Å². The molecule has 4 aliphatic rings. The standard InChI is InChI=1S/C21H26F3N5O2/c1-3-31-18(30)15-9-25-19(26-10-15)28-11-14-4-5-17(13-28)29(12-14)20(2)8-16(6-7-27-20)21(22,23)24/h6-7,9-10,14,17H,3-5,8,11-13H2,1-2H3. The van der Waals surface area contributed by atoms with Crippen molar-refractivity contribution in [2.75, 3.05) is 31.1 Å². The molecule has 0 radical (unpaired) electrons. The zero-order valence-electron chi connectivity index (χ0n) is 17.6. The molecule has 4 aliphatic heterocycles. The Kier molecular flexibility index (Phi) is 5.76. The molecule has 7 nitrogen and oxygen atoms in total. The summed E-state index contributed by atoms with van der Waals surface area (Å²) in [6.07, 6.45) is 2.66. The first-order chi connectivity index (χ1) is 14.7. The van der Waals surface area contributed by atoms with Crippen LogP contribution in [0.1, 0.15) is 43.5 Å². The highest BCUT2D eigenvalue weighted by Gasteiger charge is 2.47. The van der Waals surface area contributed by atoms with E-state index in [1.165, 1.54) is 18.6 Å². The van der Waals surface area contributed by atoms with Gasteiger partial charge in [-0.3, -0.25) is 9.89 Å². The summed E-state index contributed by atoms with van der Waals surface area (Å²) in [4.78, 5) is 29.2. The van der Waals surface area contributed by atoms with Crippen LogP contribution in [0.25, 0.3) is 0 Å². The van der Waals surface area contributed by atoms with E-state index in [4.69, 9.17) is 4.74 Å². The maximum atomic E-state index is 13.3. The van der Waals surface area contributed by atoms with Crippen molar-refractivity contribution in [3.8, 4) is 0 Å². The Labute approximate surface area is 179 Å². The van der Waals surface area contributed by atoms with Crippen LogP contribution in [0.4, 0.5) is 19.1 Å². The first-order valence-electron chi connectivity index (χ1n) is 10.5. The molecule has 0 aromatic carbocycles. The quantitative estimate of drug-likeness (QED) is 0.674. The maximum Gasteiger partial charge on any atom is 0.412 e. The smallest absolute Gasteiger partial charge is 0.412 e. The molecule has 168 valence electrons. The number of carbonyl (C=O) groups is 1. The molecule has 10 heteroatoms. The van der Waals surface area contributed by atoms with Gasteiger partial charge in [0.2, 0.25) is 5.95 Å². The van der Waals surface area contributed by atoms with Crippen LogP contribution < -0.4 is 4.90 Å². The van der Waals surface area contributed by atoms with Crippen LogP contribution in [0.3, 0.4) is 0 Å². The Morgan fingerprint density at radius 2 is 1.97 bits per heavy atom. The second-order valence-corrected chi connectivity index (χ2v) is 8.51. The predicted molar refractivity (Wildman–Crippen MR) is 109 cm³/mol. The first kappa shape index (κ1) is 21.7. The van der Waals surface area contributed by atoms with E-state index >= 15 is 0 Å². The summed E-state index contributed by atoms with van der Waals surface area (Å²) in [5.74, 6) is 0.326. The van der Waals surface area contributed by atoms with Crippen molar-refractivity contribution < 1.29 is 22.7 Å². The van der Waals surface area contributed by atoms with E-state index in [2.05, 4.69) is 24.8 Å². The minimum atomic E-state index is -4.35. The summed E-state index contributed by atoms with van der Waals surface area (Å²) < 4.78 is 45.0. The third kappa shape index (κ3) is 4.44. The second kappa shape index (κ2) is 8.22. The Balaban J connectivity index is 1.51. The summed E-state index contributed by atoms with van der Waals surface area (Å²) in [7, 11) is 0. The Bertz CT molecular complexity index is 886. The van der Waals surface area contributed by atoms with Gasteiger partial charge in [0.05, 0.1) is 12.2 Å². The number of nitrogens with zero attached hydrogens (tertiary/aromatic N) is 5. The molecular formula is C21H26F3N5O2. The highest BCUT2D eigenvalue weighted by molar-refractivity contribution is 5.88. The van der Waals surface area contributed by atoms with E-state index in [1.807, 2.05) is 0 Å². The molecule has 5 rings (SSSR count). The third-order valence-corrected chi connectivity index (χ3v) is 6.28. The van der Waals surface area contributed by atoms with Crippen LogP contribution >= 0.6 is 0 Å². The molecule has 1 aromatic heterocycles. The van der Waals surface area contributed by atoms with Gasteiger partial charge in [0.1, 0.15) is 5.66 Å². The zero-order chi connectivity index (χ0) is 22.2. The van der Waals surface area contributed by atoms with Crippen molar-refractivity contribution in [2.45, 2.75) is 51.0 Å². The van der Waals surface area contributed by atoms with Gasteiger partial charge in [-0.1, -0.05) is 0 Å². The van der Waals surface area contributed by atoms with E-state index in [0.29, 0.717) is 31.1 Å². The fraction of sp³-hybridized carbons (Fsp3) is 0.619. The van der Waals surface area contributed by atoms with Crippen LogP contribution in [-0.4, -0.2) is 71.2 Å². The number of hydrogen-bond donors (Lipinski definition) is 0. The fourth-order valence-electron chi connectivity index (χ4n) is 4.76. The number of halogens is 3. The van der Waals surface area contributed by atoms with Crippen molar-refractivity contribution in [3.63, 3.8) is 0 Å². The van der Waals surface area contributed by atoms with Crippen LogP contribution in [0.2, 0.25) is 0 Å². The van der Waals surface area contributed by atoms with E-state index in [0.717, 1.165) is 18.9 Å². The lowest BCUT2D eigenvalue weighted by Crippen LogP contribution is -2.56. The van der Waals surface area contributed by atoms with Crippen LogP contribution in [0.15, 0.2) is 29.0 Å². The summed E-state index contributed by atoms with van der Waals surface area (Å²) in [6, 6.07) is 0.0433. The number of fused-ring (bicyclic) bond motifs is 4. The van der Waals surface area contributed by atoms with Crippen molar-refractivity contribution in [1.29, 1.82) is 0 Å². The molecule has 31 heavy (non-hydrogen) atoms. The molecule has 0 aliphatic carbocycles. The number of allylic oxidation sites excluding steroid dienone is 1. The van der Waals surface area contributed by atoms with Crippen molar-refractivity contribution in [3.05, 3.63) is 29.6 Å². The zero-order valence-corrected chi connectivity index (χ0v) is 17.6. The molecule has 3 fully saturated rings. The Morgan fingerprint density at radius 1 is 1.23 bits per heavy atom. The van der Waals surface area contributed by atoms with Gasteiger partial charge in [-0.25, -0.2) is 14.8 Å².